The van der Waals surface area contributed by atoms with E-state index in [9.17, 15) is 13.2 Å². The van der Waals surface area contributed by atoms with E-state index in [4.69, 9.17) is 0 Å². The van der Waals surface area contributed by atoms with Crippen LogP contribution in [0.2, 0.25) is 0 Å². The van der Waals surface area contributed by atoms with E-state index in [0.29, 0.717) is 31.2 Å². The van der Waals surface area contributed by atoms with Gasteiger partial charge in [-0.05, 0) is 42.7 Å². The number of carbonyl (C=O) groups is 1. The Morgan fingerprint density at radius 3 is 2.79 bits per heavy atom. The molecule has 7 nitrogen and oxygen atoms in total. The Kier molecular flexibility index (Phi) is 7.08. The summed E-state index contributed by atoms with van der Waals surface area (Å²) >= 11 is 0. The third-order valence-corrected chi connectivity index (χ3v) is 6.40. The van der Waals surface area contributed by atoms with Gasteiger partial charge in [0.2, 0.25) is 10.0 Å². The minimum Gasteiger partial charge on any atom is -0.337 e. The van der Waals surface area contributed by atoms with Crippen LogP contribution >= 0.6 is 0 Å². The first kappa shape index (κ1) is 21.5. The van der Waals surface area contributed by atoms with Gasteiger partial charge < -0.3 is 4.90 Å². The summed E-state index contributed by atoms with van der Waals surface area (Å²) in [5.41, 5.74) is 2.16. The predicted octanol–water partition coefficient (Wildman–Crippen LogP) is 2.58. The summed E-state index contributed by atoms with van der Waals surface area (Å²) in [4.78, 5) is 14.6. The third-order valence-electron chi connectivity index (χ3n) is 5.08. The van der Waals surface area contributed by atoms with Gasteiger partial charge in [-0.25, -0.2) is 13.1 Å². The van der Waals surface area contributed by atoms with E-state index in [2.05, 4.69) is 28.8 Å². The summed E-state index contributed by atoms with van der Waals surface area (Å²) in [7, 11) is -3.40. The fourth-order valence-corrected chi connectivity index (χ4v) is 4.91. The molecule has 1 atom stereocenters. The van der Waals surface area contributed by atoms with Crippen LogP contribution in [0.25, 0.3) is 0 Å². The van der Waals surface area contributed by atoms with E-state index in [-0.39, 0.29) is 17.6 Å². The number of rotatable bonds is 8. The summed E-state index contributed by atoms with van der Waals surface area (Å²) < 4.78 is 27.4. The van der Waals surface area contributed by atoms with E-state index in [1.165, 1.54) is 0 Å². The number of H-pyrrole nitrogens is 1. The van der Waals surface area contributed by atoms with Crippen LogP contribution < -0.4 is 4.72 Å². The first-order valence-corrected chi connectivity index (χ1v) is 11.8. The summed E-state index contributed by atoms with van der Waals surface area (Å²) in [5, 5.41) is 7.12. The van der Waals surface area contributed by atoms with Crippen molar-refractivity contribution in [3.8, 4) is 0 Å². The molecule has 1 amide bonds. The zero-order valence-corrected chi connectivity index (χ0v) is 17.9. The SMILES string of the molecule is CC(C)Cc1cc(C(=O)N2CCC[C@H](CNS(=O)(=O)Cc3ccccc3)C2)n[nH]1. The van der Waals surface area contributed by atoms with Crippen molar-refractivity contribution in [2.75, 3.05) is 19.6 Å². The molecule has 1 aromatic heterocycles. The van der Waals surface area contributed by atoms with Gasteiger partial charge >= 0.3 is 0 Å². The maximum Gasteiger partial charge on any atom is 0.274 e. The van der Waals surface area contributed by atoms with Crippen LogP contribution in [0.1, 0.15) is 48.4 Å². The molecule has 1 aromatic carbocycles. The van der Waals surface area contributed by atoms with Crippen molar-refractivity contribution >= 4 is 15.9 Å². The highest BCUT2D eigenvalue weighted by atomic mass is 32.2. The topological polar surface area (TPSA) is 95.2 Å². The summed E-state index contributed by atoms with van der Waals surface area (Å²) in [6.45, 7) is 5.81. The molecule has 0 bridgehead atoms. The Morgan fingerprint density at radius 1 is 1.31 bits per heavy atom. The van der Waals surface area contributed by atoms with Gasteiger partial charge in [0.25, 0.3) is 5.91 Å². The number of aromatic amines is 1. The molecule has 2 aromatic rings. The lowest BCUT2D eigenvalue weighted by Gasteiger charge is -2.32. The number of hydrogen-bond acceptors (Lipinski definition) is 4. The number of likely N-dealkylation sites (tertiary alicyclic amines) is 1. The second-order valence-electron chi connectivity index (χ2n) is 8.23. The minimum absolute atomic E-state index is 0.0326. The van der Waals surface area contributed by atoms with Crippen LogP contribution in [0.4, 0.5) is 0 Å². The number of nitrogens with one attached hydrogen (secondary N) is 2. The molecule has 0 aliphatic carbocycles. The lowest BCUT2D eigenvalue weighted by molar-refractivity contribution is 0.0670. The van der Waals surface area contributed by atoms with Gasteiger partial charge in [-0.15, -0.1) is 0 Å². The second kappa shape index (κ2) is 9.54. The van der Waals surface area contributed by atoms with E-state index in [1.54, 1.807) is 17.0 Å². The van der Waals surface area contributed by atoms with Crippen molar-refractivity contribution in [2.45, 2.75) is 38.9 Å². The number of aromatic nitrogens is 2. The average Bonchev–Trinajstić information content (AvgIpc) is 3.14. The van der Waals surface area contributed by atoms with Gasteiger partial charge in [0.1, 0.15) is 5.69 Å². The average molecular weight is 419 g/mol. The van der Waals surface area contributed by atoms with Gasteiger partial charge in [0.15, 0.2) is 0 Å². The predicted molar refractivity (Wildman–Crippen MR) is 113 cm³/mol. The van der Waals surface area contributed by atoms with Gasteiger partial charge in [-0.1, -0.05) is 44.2 Å². The molecule has 1 fully saturated rings. The summed E-state index contributed by atoms with van der Waals surface area (Å²) in [6.07, 6.45) is 2.61. The standard InChI is InChI=1S/C21H30N4O3S/c1-16(2)11-19-12-20(24-23-19)21(26)25-10-6-9-18(14-25)13-22-29(27,28)15-17-7-4-3-5-8-17/h3-5,7-8,12,16,18,22H,6,9-11,13-15H2,1-2H3,(H,23,24)/t18-/m1/s1. The van der Waals surface area contributed by atoms with Crippen molar-refractivity contribution in [1.82, 2.24) is 19.8 Å². The molecule has 3 rings (SSSR count). The van der Waals surface area contributed by atoms with Crippen LogP contribution in [-0.4, -0.2) is 49.1 Å². The molecule has 8 heteroatoms. The maximum atomic E-state index is 12.8. The molecule has 0 spiro atoms. The van der Waals surface area contributed by atoms with Crippen molar-refractivity contribution in [3.05, 3.63) is 53.3 Å². The highest BCUT2D eigenvalue weighted by molar-refractivity contribution is 7.88. The van der Waals surface area contributed by atoms with E-state index in [0.717, 1.165) is 30.5 Å². The van der Waals surface area contributed by atoms with Crippen LogP contribution in [0.15, 0.2) is 36.4 Å². The quantitative estimate of drug-likeness (QED) is 0.689. The molecule has 0 radical (unpaired) electrons. The molecule has 0 unspecified atom stereocenters. The summed E-state index contributed by atoms with van der Waals surface area (Å²) in [5.74, 6) is 0.469. The van der Waals surface area contributed by atoms with Gasteiger partial charge in [0.05, 0.1) is 5.75 Å². The van der Waals surface area contributed by atoms with E-state index in [1.807, 2.05) is 24.3 Å². The zero-order chi connectivity index (χ0) is 20.9. The molecule has 29 heavy (non-hydrogen) atoms. The Hall–Kier alpha value is -2.19. The van der Waals surface area contributed by atoms with Crippen LogP contribution in [-0.2, 0) is 22.2 Å². The Labute approximate surface area is 172 Å². The molecular weight excluding hydrogens is 388 g/mol. The number of amides is 1. The molecule has 1 saturated heterocycles. The fraction of sp³-hybridized carbons (Fsp3) is 0.524. The number of sulfonamides is 1. The first-order valence-electron chi connectivity index (χ1n) is 10.2. The fourth-order valence-electron chi connectivity index (χ4n) is 3.68. The molecule has 2 heterocycles. The molecule has 0 saturated carbocycles. The Morgan fingerprint density at radius 2 is 2.07 bits per heavy atom. The van der Waals surface area contributed by atoms with Crippen molar-refractivity contribution in [1.29, 1.82) is 0 Å². The number of nitrogens with zero attached hydrogens (tertiary/aromatic N) is 2. The molecule has 2 N–H and O–H groups in total. The lowest BCUT2D eigenvalue weighted by Crippen LogP contribution is -2.44. The van der Waals surface area contributed by atoms with Crippen LogP contribution in [0, 0.1) is 11.8 Å². The Balaban J connectivity index is 1.53. The smallest absolute Gasteiger partial charge is 0.274 e. The number of carbonyl (C=O) groups excluding carboxylic acids is 1. The number of benzene rings is 1. The van der Waals surface area contributed by atoms with Crippen LogP contribution in [0.3, 0.4) is 0 Å². The van der Waals surface area contributed by atoms with Gasteiger partial charge in [0, 0.05) is 25.3 Å². The normalized spacial score (nSPS) is 17.6. The monoisotopic (exact) mass is 418 g/mol. The van der Waals surface area contributed by atoms with Crippen molar-refractivity contribution in [3.63, 3.8) is 0 Å². The third kappa shape index (κ3) is 6.40. The molecule has 1 aliphatic rings. The van der Waals surface area contributed by atoms with E-state index >= 15 is 0 Å². The van der Waals surface area contributed by atoms with Crippen molar-refractivity contribution in [2.24, 2.45) is 11.8 Å². The van der Waals surface area contributed by atoms with Crippen molar-refractivity contribution < 1.29 is 13.2 Å². The molecule has 158 valence electrons. The maximum absolute atomic E-state index is 12.8. The number of hydrogen-bond donors (Lipinski definition) is 2. The highest BCUT2D eigenvalue weighted by Gasteiger charge is 2.27. The second-order valence-corrected chi connectivity index (χ2v) is 10.0. The highest BCUT2D eigenvalue weighted by Crippen LogP contribution is 2.19. The largest absolute Gasteiger partial charge is 0.337 e. The lowest BCUT2D eigenvalue weighted by atomic mass is 9.98. The van der Waals surface area contributed by atoms with E-state index < -0.39 is 10.0 Å². The molecular formula is C21H30N4O3S. The minimum atomic E-state index is -3.40. The Bertz CT molecular complexity index is 909. The first-order chi connectivity index (χ1) is 13.8. The molecule has 1 aliphatic heterocycles. The van der Waals surface area contributed by atoms with Crippen LogP contribution in [0.5, 0.6) is 0 Å². The van der Waals surface area contributed by atoms with Gasteiger partial charge in [-0.2, -0.15) is 5.10 Å². The zero-order valence-electron chi connectivity index (χ0n) is 17.1. The summed E-state index contributed by atoms with van der Waals surface area (Å²) in [6, 6.07) is 11.0. The van der Waals surface area contributed by atoms with Gasteiger partial charge in [-0.3, -0.25) is 9.89 Å². The number of piperidine rings is 1.